The summed E-state index contributed by atoms with van der Waals surface area (Å²) in [6.07, 6.45) is 2.33. The van der Waals surface area contributed by atoms with E-state index in [9.17, 15) is 4.79 Å². The van der Waals surface area contributed by atoms with Crippen molar-refractivity contribution in [2.75, 3.05) is 6.54 Å². The minimum atomic E-state index is -0.0261. The van der Waals surface area contributed by atoms with E-state index in [1.807, 2.05) is 25.1 Å². The molecule has 1 fully saturated rings. The van der Waals surface area contributed by atoms with Crippen LogP contribution < -0.4 is 5.73 Å². The average molecular weight is 279 g/mol. The molecule has 1 aliphatic carbocycles. The summed E-state index contributed by atoms with van der Waals surface area (Å²) in [5.41, 5.74) is 9.94. The highest BCUT2D eigenvalue weighted by atomic mass is 16.1. The molecule has 106 valence electrons. The summed E-state index contributed by atoms with van der Waals surface area (Å²) in [6, 6.07) is 11.6. The Balaban J connectivity index is 2.13. The highest BCUT2D eigenvalue weighted by Crippen LogP contribution is 2.42. The fourth-order valence-electron chi connectivity index (χ4n) is 2.73. The normalized spacial score (nSPS) is 14.0. The molecule has 0 amide bonds. The number of carbonyl (C=O) groups excluding carboxylic acids is 1. The Morgan fingerprint density at radius 1 is 1.38 bits per heavy atom. The molecule has 2 aromatic rings. The van der Waals surface area contributed by atoms with E-state index < -0.39 is 0 Å². The Morgan fingerprint density at radius 3 is 2.57 bits per heavy atom. The lowest BCUT2D eigenvalue weighted by Crippen LogP contribution is -2.14. The highest BCUT2D eigenvalue weighted by molar-refractivity contribution is 5.99. The second kappa shape index (κ2) is 5.19. The molecule has 0 unspecified atom stereocenters. The molecular weight excluding hydrogens is 262 g/mol. The van der Waals surface area contributed by atoms with Gasteiger partial charge in [0.2, 0.25) is 0 Å². The first-order chi connectivity index (χ1) is 10.2. The van der Waals surface area contributed by atoms with Gasteiger partial charge in [0.1, 0.15) is 0 Å². The molecule has 1 aromatic carbocycles. The van der Waals surface area contributed by atoms with Crippen LogP contribution in [-0.2, 0) is 0 Å². The van der Waals surface area contributed by atoms with Crippen LogP contribution in [0.3, 0.4) is 0 Å². The van der Waals surface area contributed by atoms with E-state index in [-0.39, 0.29) is 12.3 Å². The van der Waals surface area contributed by atoms with Gasteiger partial charge in [-0.2, -0.15) is 5.26 Å². The van der Waals surface area contributed by atoms with Crippen LogP contribution in [0, 0.1) is 18.3 Å². The van der Waals surface area contributed by atoms with E-state index in [1.54, 1.807) is 12.1 Å². The Bertz CT molecular complexity index is 731. The van der Waals surface area contributed by atoms with Crippen LogP contribution >= 0.6 is 0 Å². The lowest BCUT2D eigenvalue weighted by atomic mass is 10.1. The van der Waals surface area contributed by atoms with Gasteiger partial charge < -0.3 is 10.3 Å². The lowest BCUT2D eigenvalue weighted by Gasteiger charge is -2.11. The zero-order valence-corrected chi connectivity index (χ0v) is 12.0. The molecule has 0 aliphatic heterocycles. The highest BCUT2D eigenvalue weighted by Gasteiger charge is 2.30. The maximum Gasteiger partial charge on any atom is 0.178 e. The maximum atomic E-state index is 12.0. The quantitative estimate of drug-likeness (QED) is 0.874. The first-order valence-corrected chi connectivity index (χ1v) is 7.11. The number of hydrogen-bond donors (Lipinski definition) is 1. The van der Waals surface area contributed by atoms with Gasteiger partial charge in [-0.05, 0) is 56.0 Å². The topological polar surface area (TPSA) is 71.8 Å². The molecule has 1 aliphatic rings. The largest absolute Gasteiger partial charge is 0.324 e. The second-order valence-electron chi connectivity index (χ2n) is 5.46. The van der Waals surface area contributed by atoms with Crippen molar-refractivity contribution in [2.45, 2.75) is 25.7 Å². The fourth-order valence-corrected chi connectivity index (χ4v) is 2.73. The summed E-state index contributed by atoms with van der Waals surface area (Å²) in [6.45, 7) is 1.98. The first kappa shape index (κ1) is 13.6. The molecule has 1 heterocycles. The zero-order valence-electron chi connectivity index (χ0n) is 12.0. The van der Waals surface area contributed by atoms with E-state index >= 15 is 0 Å². The van der Waals surface area contributed by atoms with E-state index in [2.05, 4.69) is 10.6 Å². The van der Waals surface area contributed by atoms with Gasteiger partial charge in [-0.3, -0.25) is 4.79 Å². The van der Waals surface area contributed by atoms with Gasteiger partial charge in [0.15, 0.2) is 5.78 Å². The van der Waals surface area contributed by atoms with Crippen LogP contribution in [0.15, 0.2) is 30.3 Å². The molecule has 0 bridgehead atoms. The van der Waals surface area contributed by atoms with Crippen molar-refractivity contribution >= 4 is 5.78 Å². The van der Waals surface area contributed by atoms with Crippen LogP contribution in [0.5, 0.6) is 0 Å². The van der Waals surface area contributed by atoms with Crippen molar-refractivity contribution in [1.82, 2.24) is 4.57 Å². The van der Waals surface area contributed by atoms with Gasteiger partial charge in [-0.1, -0.05) is 0 Å². The van der Waals surface area contributed by atoms with E-state index in [0.717, 1.165) is 24.2 Å². The summed E-state index contributed by atoms with van der Waals surface area (Å²) >= 11 is 0. The lowest BCUT2D eigenvalue weighted by molar-refractivity contribution is 0.100. The van der Waals surface area contributed by atoms with Crippen LogP contribution in [-0.4, -0.2) is 16.9 Å². The number of carbonyl (C=O) groups is 1. The molecule has 0 atom stereocenters. The third kappa shape index (κ3) is 2.37. The third-order valence-corrected chi connectivity index (χ3v) is 4.01. The zero-order chi connectivity index (χ0) is 15.0. The van der Waals surface area contributed by atoms with Crippen LogP contribution in [0.1, 0.15) is 46.1 Å². The average Bonchev–Trinajstić information content (AvgIpc) is 3.30. The number of rotatable bonds is 4. The molecule has 1 aromatic heterocycles. The molecule has 3 rings (SSSR count). The molecule has 0 spiro atoms. The predicted molar refractivity (Wildman–Crippen MR) is 80.6 cm³/mol. The Kier molecular flexibility index (Phi) is 3.36. The summed E-state index contributed by atoms with van der Waals surface area (Å²) in [5, 5.41) is 8.90. The molecule has 1 saturated carbocycles. The Hall–Kier alpha value is -2.38. The van der Waals surface area contributed by atoms with Crippen molar-refractivity contribution < 1.29 is 4.79 Å². The maximum absolute atomic E-state index is 12.0. The van der Waals surface area contributed by atoms with Gasteiger partial charge in [0.25, 0.3) is 0 Å². The van der Waals surface area contributed by atoms with Gasteiger partial charge >= 0.3 is 0 Å². The van der Waals surface area contributed by atoms with Crippen LogP contribution in [0.2, 0.25) is 0 Å². The summed E-state index contributed by atoms with van der Waals surface area (Å²) < 4.78 is 2.13. The molecule has 4 nitrogen and oxygen atoms in total. The standard InChI is InChI=1S/C17H17N3O/c1-11-15(17(21)10-19)8-16(13-4-5-13)20(11)14-6-2-12(9-18)3-7-14/h2-3,6-8,13H,4-5,10,19H2,1H3. The van der Waals surface area contributed by atoms with Crippen molar-refractivity contribution in [3.8, 4) is 11.8 Å². The SMILES string of the molecule is Cc1c(C(=O)CN)cc(C2CC2)n1-c1ccc(C#N)cc1. The molecule has 21 heavy (non-hydrogen) atoms. The number of nitrogens with zero attached hydrogens (tertiary/aromatic N) is 2. The van der Waals surface area contributed by atoms with Crippen LogP contribution in [0.4, 0.5) is 0 Å². The molecule has 0 radical (unpaired) electrons. The summed E-state index contributed by atoms with van der Waals surface area (Å²) in [7, 11) is 0. The monoisotopic (exact) mass is 279 g/mol. The number of hydrogen-bond acceptors (Lipinski definition) is 3. The minimum absolute atomic E-state index is 0.0261. The summed E-state index contributed by atoms with van der Waals surface area (Å²) in [5.74, 6) is 0.500. The van der Waals surface area contributed by atoms with Gasteiger partial charge in [0, 0.05) is 22.6 Å². The fraction of sp³-hybridized carbons (Fsp3) is 0.294. The number of Topliss-reactive ketones (excluding diaryl/α,β-unsaturated/α-hetero) is 1. The van der Waals surface area contributed by atoms with Gasteiger partial charge in [-0.15, -0.1) is 0 Å². The number of aromatic nitrogens is 1. The number of benzene rings is 1. The number of nitriles is 1. The summed E-state index contributed by atoms with van der Waals surface area (Å²) in [4.78, 5) is 12.0. The van der Waals surface area contributed by atoms with Crippen molar-refractivity contribution in [2.24, 2.45) is 5.73 Å². The molecular formula is C17H17N3O. The molecule has 4 heteroatoms. The van der Waals surface area contributed by atoms with Crippen molar-refractivity contribution in [3.63, 3.8) is 0 Å². The van der Waals surface area contributed by atoms with E-state index in [1.165, 1.54) is 5.69 Å². The third-order valence-electron chi connectivity index (χ3n) is 4.01. The van der Waals surface area contributed by atoms with Gasteiger partial charge in [-0.25, -0.2) is 0 Å². The second-order valence-corrected chi connectivity index (χ2v) is 5.46. The minimum Gasteiger partial charge on any atom is -0.324 e. The Morgan fingerprint density at radius 2 is 2.05 bits per heavy atom. The first-order valence-electron chi connectivity index (χ1n) is 7.11. The molecule has 0 saturated heterocycles. The molecule has 2 N–H and O–H groups in total. The van der Waals surface area contributed by atoms with Gasteiger partial charge in [0.05, 0.1) is 18.2 Å². The van der Waals surface area contributed by atoms with Crippen molar-refractivity contribution in [3.05, 3.63) is 52.8 Å². The Labute approximate surface area is 123 Å². The smallest absolute Gasteiger partial charge is 0.178 e. The predicted octanol–water partition coefficient (Wildman–Crippen LogP) is 2.68. The van der Waals surface area contributed by atoms with E-state index in [4.69, 9.17) is 11.0 Å². The van der Waals surface area contributed by atoms with E-state index in [0.29, 0.717) is 17.0 Å². The van der Waals surface area contributed by atoms with Crippen molar-refractivity contribution in [1.29, 1.82) is 5.26 Å². The number of nitrogens with two attached hydrogens (primary N) is 1. The van der Waals surface area contributed by atoms with Crippen LogP contribution in [0.25, 0.3) is 5.69 Å². The number of ketones is 1.